The molecule has 0 unspecified atom stereocenters. The Morgan fingerprint density at radius 2 is 1.94 bits per heavy atom. The number of benzene rings is 1. The highest BCUT2D eigenvalue weighted by Gasteiger charge is 2.38. The van der Waals surface area contributed by atoms with Gasteiger partial charge in [0.1, 0.15) is 18.1 Å². The number of hydrogen-bond donors (Lipinski definition) is 3. The zero-order valence-corrected chi connectivity index (χ0v) is 18.6. The zero-order chi connectivity index (χ0) is 24.5. The third-order valence-corrected chi connectivity index (χ3v) is 5.68. The Hall–Kier alpha value is -3.69. The van der Waals surface area contributed by atoms with Crippen molar-refractivity contribution in [2.75, 3.05) is 13.6 Å². The number of amides is 4. The van der Waals surface area contributed by atoms with Gasteiger partial charge in [-0.25, -0.2) is 4.79 Å². The molecular weight excluding hydrogens is 428 g/mol. The maximum Gasteiger partial charge on any atom is 0.326 e. The fourth-order valence-electron chi connectivity index (χ4n) is 3.85. The standard InChI is InChI=1S/C23H30N4O6/c1-3-20(29)27-13-7-10-17(27)22(31)26(2)18(14-15-8-5-4-6-9-15)21(30)25-16(23(32)33)11-12-19(24)28/h3-6,8-9,16-18H,1,7,10-14H2,2H3,(H2,24,28)(H,25,30)(H,32,33)/t16-,17-,18-/m0/s1. The van der Waals surface area contributed by atoms with Crippen molar-refractivity contribution in [3.05, 3.63) is 48.6 Å². The van der Waals surface area contributed by atoms with E-state index in [9.17, 15) is 29.1 Å². The molecule has 1 aliphatic heterocycles. The highest BCUT2D eigenvalue weighted by molar-refractivity contribution is 5.95. The van der Waals surface area contributed by atoms with E-state index in [-0.39, 0.29) is 25.2 Å². The number of rotatable bonds is 11. The van der Waals surface area contributed by atoms with E-state index in [2.05, 4.69) is 11.9 Å². The molecule has 1 aliphatic rings. The first-order chi connectivity index (χ1) is 15.6. The number of carboxylic acids is 1. The van der Waals surface area contributed by atoms with E-state index in [1.165, 1.54) is 16.8 Å². The van der Waals surface area contributed by atoms with Gasteiger partial charge < -0.3 is 26.0 Å². The lowest BCUT2D eigenvalue weighted by molar-refractivity contribution is -0.147. The van der Waals surface area contributed by atoms with Crippen molar-refractivity contribution in [3.63, 3.8) is 0 Å². The molecule has 1 saturated heterocycles. The molecule has 10 nitrogen and oxygen atoms in total. The second-order valence-corrected chi connectivity index (χ2v) is 7.95. The Morgan fingerprint density at radius 3 is 2.52 bits per heavy atom. The van der Waals surface area contributed by atoms with Crippen LogP contribution < -0.4 is 11.1 Å². The van der Waals surface area contributed by atoms with Gasteiger partial charge in [0.2, 0.25) is 23.6 Å². The largest absolute Gasteiger partial charge is 0.480 e. The van der Waals surface area contributed by atoms with E-state index in [1.807, 2.05) is 6.07 Å². The molecule has 10 heteroatoms. The maximum absolute atomic E-state index is 13.3. The molecule has 0 bridgehead atoms. The zero-order valence-electron chi connectivity index (χ0n) is 18.6. The number of nitrogens with zero attached hydrogens (tertiary/aromatic N) is 2. The summed E-state index contributed by atoms with van der Waals surface area (Å²) in [6.45, 7) is 3.89. The lowest BCUT2D eigenvalue weighted by Gasteiger charge is -2.33. The minimum absolute atomic E-state index is 0.138. The summed E-state index contributed by atoms with van der Waals surface area (Å²) in [5, 5.41) is 11.9. The van der Waals surface area contributed by atoms with Crippen LogP contribution in [0, 0.1) is 0 Å². The van der Waals surface area contributed by atoms with Crippen molar-refractivity contribution in [3.8, 4) is 0 Å². The number of carboxylic acid groups (broad SMARTS) is 1. The Bertz CT molecular complexity index is 903. The SMILES string of the molecule is C=CC(=O)N1CCC[C@H]1C(=O)N(C)[C@@H](Cc1ccccc1)C(=O)N[C@@H](CCC(N)=O)C(=O)O. The fourth-order valence-corrected chi connectivity index (χ4v) is 3.85. The van der Waals surface area contributed by atoms with E-state index < -0.39 is 41.8 Å². The van der Waals surface area contributed by atoms with Crippen LogP contribution >= 0.6 is 0 Å². The minimum atomic E-state index is -1.34. The van der Waals surface area contributed by atoms with Gasteiger partial charge in [-0.1, -0.05) is 36.9 Å². The van der Waals surface area contributed by atoms with Crippen molar-refractivity contribution in [2.45, 2.75) is 50.2 Å². The van der Waals surface area contributed by atoms with Gasteiger partial charge in [0.15, 0.2) is 0 Å². The summed E-state index contributed by atoms with van der Waals surface area (Å²) in [4.78, 5) is 63.9. The molecule has 1 aromatic carbocycles. The van der Waals surface area contributed by atoms with Crippen molar-refractivity contribution >= 4 is 29.6 Å². The van der Waals surface area contributed by atoms with Gasteiger partial charge in [0.25, 0.3) is 0 Å². The van der Waals surface area contributed by atoms with E-state index in [0.29, 0.717) is 19.4 Å². The Balaban J connectivity index is 2.26. The van der Waals surface area contributed by atoms with Gasteiger partial charge in [-0.15, -0.1) is 0 Å². The number of likely N-dealkylation sites (N-methyl/N-ethyl adjacent to an activating group) is 1. The first-order valence-corrected chi connectivity index (χ1v) is 10.7. The van der Waals surface area contributed by atoms with E-state index in [1.54, 1.807) is 24.3 Å². The molecule has 4 amide bonds. The van der Waals surface area contributed by atoms with Crippen molar-refractivity contribution in [2.24, 2.45) is 5.73 Å². The molecule has 1 fully saturated rings. The monoisotopic (exact) mass is 458 g/mol. The molecule has 0 radical (unpaired) electrons. The molecule has 3 atom stereocenters. The summed E-state index contributed by atoms with van der Waals surface area (Å²) >= 11 is 0. The number of primary amides is 1. The van der Waals surface area contributed by atoms with Crippen LogP contribution in [0.2, 0.25) is 0 Å². The van der Waals surface area contributed by atoms with Gasteiger partial charge in [-0.3, -0.25) is 19.2 Å². The molecule has 0 saturated carbocycles. The molecule has 0 aliphatic carbocycles. The summed E-state index contributed by atoms with van der Waals surface area (Å²) in [6.07, 6.45) is 2.01. The van der Waals surface area contributed by atoms with Gasteiger partial charge in [0, 0.05) is 26.4 Å². The molecule has 33 heavy (non-hydrogen) atoms. The van der Waals surface area contributed by atoms with Crippen LogP contribution in [0.15, 0.2) is 43.0 Å². The molecule has 0 aromatic heterocycles. The summed E-state index contributed by atoms with van der Waals surface area (Å²) in [5.41, 5.74) is 5.87. The summed E-state index contributed by atoms with van der Waals surface area (Å²) in [7, 11) is 1.46. The van der Waals surface area contributed by atoms with Crippen LogP contribution in [0.1, 0.15) is 31.2 Å². The van der Waals surface area contributed by atoms with Crippen LogP contribution in [-0.2, 0) is 30.4 Å². The van der Waals surface area contributed by atoms with E-state index in [4.69, 9.17) is 5.73 Å². The molecule has 1 heterocycles. The normalized spacial score (nSPS) is 17.0. The predicted octanol–water partition coefficient (Wildman–Crippen LogP) is 0.0680. The molecule has 0 spiro atoms. The van der Waals surface area contributed by atoms with Gasteiger partial charge >= 0.3 is 5.97 Å². The van der Waals surface area contributed by atoms with Crippen LogP contribution in [0.5, 0.6) is 0 Å². The number of carbonyl (C=O) groups is 5. The smallest absolute Gasteiger partial charge is 0.326 e. The average Bonchev–Trinajstić information content (AvgIpc) is 3.28. The highest BCUT2D eigenvalue weighted by atomic mass is 16.4. The highest BCUT2D eigenvalue weighted by Crippen LogP contribution is 2.21. The van der Waals surface area contributed by atoms with Crippen molar-refractivity contribution in [1.82, 2.24) is 15.1 Å². The average molecular weight is 459 g/mol. The number of likely N-dealkylation sites (tertiary alicyclic amines) is 1. The second-order valence-electron chi connectivity index (χ2n) is 7.95. The number of aliphatic carboxylic acids is 1. The number of nitrogens with one attached hydrogen (secondary N) is 1. The number of carbonyl (C=O) groups excluding carboxylic acids is 4. The molecule has 1 aromatic rings. The summed E-state index contributed by atoms with van der Waals surface area (Å²) < 4.78 is 0. The van der Waals surface area contributed by atoms with E-state index in [0.717, 1.165) is 11.6 Å². The lowest BCUT2D eigenvalue weighted by Crippen LogP contribution is -2.56. The van der Waals surface area contributed by atoms with Crippen LogP contribution in [-0.4, -0.2) is 76.2 Å². The number of hydrogen-bond acceptors (Lipinski definition) is 5. The molecular formula is C23H30N4O6. The molecule has 4 N–H and O–H groups in total. The van der Waals surface area contributed by atoms with Gasteiger partial charge in [0.05, 0.1) is 0 Å². The first-order valence-electron chi connectivity index (χ1n) is 10.7. The molecule has 2 rings (SSSR count). The van der Waals surface area contributed by atoms with Gasteiger partial charge in [-0.2, -0.15) is 0 Å². The minimum Gasteiger partial charge on any atom is -0.480 e. The van der Waals surface area contributed by atoms with E-state index >= 15 is 0 Å². The third kappa shape index (κ3) is 6.90. The third-order valence-electron chi connectivity index (χ3n) is 5.68. The predicted molar refractivity (Wildman–Crippen MR) is 120 cm³/mol. The van der Waals surface area contributed by atoms with Crippen molar-refractivity contribution < 1.29 is 29.1 Å². The fraction of sp³-hybridized carbons (Fsp3) is 0.435. The summed E-state index contributed by atoms with van der Waals surface area (Å²) in [5.74, 6) is -3.44. The van der Waals surface area contributed by atoms with Crippen LogP contribution in [0.3, 0.4) is 0 Å². The quantitative estimate of drug-likeness (QED) is 0.399. The maximum atomic E-state index is 13.3. The van der Waals surface area contributed by atoms with Crippen LogP contribution in [0.4, 0.5) is 0 Å². The Kier molecular flexibility index (Phi) is 9.14. The van der Waals surface area contributed by atoms with Gasteiger partial charge in [-0.05, 0) is 30.9 Å². The van der Waals surface area contributed by atoms with Crippen LogP contribution in [0.25, 0.3) is 0 Å². The topological polar surface area (TPSA) is 150 Å². The van der Waals surface area contributed by atoms with Crippen molar-refractivity contribution in [1.29, 1.82) is 0 Å². The second kappa shape index (κ2) is 11.8. The Labute approximate surface area is 192 Å². The Morgan fingerprint density at radius 1 is 1.27 bits per heavy atom. The lowest BCUT2D eigenvalue weighted by atomic mass is 10.0. The first kappa shape index (κ1) is 25.6. The summed E-state index contributed by atoms with van der Waals surface area (Å²) in [6, 6.07) is 5.90. The molecule has 178 valence electrons. The number of nitrogens with two attached hydrogens (primary N) is 1.